The van der Waals surface area contributed by atoms with E-state index in [4.69, 9.17) is 15.5 Å². The Morgan fingerprint density at radius 3 is 2.84 bits per heavy atom. The number of benzene rings is 1. The number of hydrogen-bond donors (Lipinski definition) is 1. The van der Waals surface area contributed by atoms with Crippen LogP contribution >= 0.6 is 0 Å². The number of rotatable bonds is 4. The van der Waals surface area contributed by atoms with Crippen molar-refractivity contribution < 1.29 is 9.13 Å². The van der Waals surface area contributed by atoms with Crippen LogP contribution in [0, 0.1) is 5.82 Å². The van der Waals surface area contributed by atoms with Crippen molar-refractivity contribution in [1.29, 1.82) is 0 Å². The molecule has 0 radical (unpaired) electrons. The molecule has 0 saturated carbocycles. The first-order valence-electron chi connectivity index (χ1n) is 10.4. The molecule has 1 saturated heterocycles. The van der Waals surface area contributed by atoms with Gasteiger partial charge in [0.05, 0.1) is 24.5 Å². The minimum Gasteiger partial charge on any atom is -0.494 e. The number of methoxy groups -OCH3 is 1. The monoisotopic (exact) mass is 424 g/mol. The molecule has 9 nitrogen and oxygen atoms in total. The molecule has 3 aromatic heterocycles. The molecular weight excluding hydrogens is 399 g/mol. The predicted octanol–water partition coefficient (Wildman–Crippen LogP) is 3.17. The van der Waals surface area contributed by atoms with Gasteiger partial charge in [-0.05, 0) is 32.8 Å². The lowest BCUT2D eigenvalue weighted by molar-refractivity contribution is 0.387. The van der Waals surface area contributed by atoms with Gasteiger partial charge in [0.2, 0.25) is 5.95 Å². The summed E-state index contributed by atoms with van der Waals surface area (Å²) in [6, 6.07) is 3.23. The Bertz CT molecular complexity index is 1260. The molecule has 0 amide bonds. The van der Waals surface area contributed by atoms with Crippen LogP contribution in [0.5, 0.6) is 5.75 Å². The summed E-state index contributed by atoms with van der Waals surface area (Å²) in [7, 11) is 1.42. The first-order valence-corrected chi connectivity index (χ1v) is 10.4. The second-order valence-electron chi connectivity index (χ2n) is 8.24. The van der Waals surface area contributed by atoms with Gasteiger partial charge in [-0.15, -0.1) is 5.10 Å². The number of nitrogens with two attached hydrogens (primary N) is 1. The summed E-state index contributed by atoms with van der Waals surface area (Å²) in [6.45, 7) is 5.97. The molecule has 0 aliphatic carbocycles. The van der Waals surface area contributed by atoms with Gasteiger partial charge in [-0.2, -0.15) is 9.61 Å². The summed E-state index contributed by atoms with van der Waals surface area (Å²) in [5, 5.41) is 9.65. The molecule has 1 aromatic carbocycles. The van der Waals surface area contributed by atoms with E-state index in [0.717, 1.165) is 31.6 Å². The molecule has 1 unspecified atom stereocenters. The van der Waals surface area contributed by atoms with E-state index in [2.05, 4.69) is 40.1 Å². The maximum absolute atomic E-state index is 14.4. The zero-order chi connectivity index (χ0) is 21.7. The maximum Gasteiger partial charge on any atom is 0.223 e. The first-order chi connectivity index (χ1) is 14.9. The lowest BCUT2D eigenvalue weighted by Crippen LogP contribution is -2.34. The molecule has 1 aliphatic heterocycles. The van der Waals surface area contributed by atoms with E-state index in [0.29, 0.717) is 28.4 Å². The topological polar surface area (TPSA) is 99.4 Å². The fraction of sp³-hybridized carbons (Fsp3) is 0.429. The minimum atomic E-state index is -0.473. The zero-order valence-corrected chi connectivity index (χ0v) is 17.8. The van der Waals surface area contributed by atoms with Crippen LogP contribution in [0.4, 0.5) is 16.0 Å². The van der Waals surface area contributed by atoms with E-state index in [9.17, 15) is 4.39 Å². The molecule has 1 fully saturated rings. The highest BCUT2D eigenvalue weighted by Crippen LogP contribution is 2.31. The van der Waals surface area contributed by atoms with Crippen LogP contribution in [0.2, 0.25) is 0 Å². The minimum absolute atomic E-state index is 0.119. The Balaban J connectivity index is 1.51. The quantitative estimate of drug-likeness (QED) is 0.537. The average Bonchev–Trinajstić information content (AvgIpc) is 3.43. The second-order valence-corrected chi connectivity index (χ2v) is 8.24. The Kier molecular flexibility index (Phi) is 4.64. The third-order valence-corrected chi connectivity index (χ3v) is 5.86. The van der Waals surface area contributed by atoms with E-state index in [1.54, 1.807) is 0 Å². The average molecular weight is 424 g/mol. The van der Waals surface area contributed by atoms with Crippen LogP contribution in [-0.2, 0) is 0 Å². The van der Waals surface area contributed by atoms with E-state index in [1.165, 1.54) is 23.8 Å². The lowest BCUT2D eigenvalue weighted by Gasteiger charge is -2.32. The zero-order valence-electron chi connectivity index (χ0n) is 17.8. The first kappa shape index (κ1) is 19.5. The molecule has 0 spiro atoms. The molecule has 2 N–H and O–H groups in total. The van der Waals surface area contributed by atoms with Crippen molar-refractivity contribution in [3.8, 4) is 5.75 Å². The molecule has 4 aromatic rings. The van der Waals surface area contributed by atoms with Crippen molar-refractivity contribution in [3.05, 3.63) is 36.2 Å². The molecule has 10 heteroatoms. The van der Waals surface area contributed by atoms with E-state index >= 15 is 0 Å². The van der Waals surface area contributed by atoms with Crippen molar-refractivity contribution in [2.24, 2.45) is 0 Å². The molecular formula is C21H25FN8O. The van der Waals surface area contributed by atoms with Gasteiger partial charge in [0.1, 0.15) is 0 Å². The van der Waals surface area contributed by atoms with Crippen molar-refractivity contribution in [3.63, 3.8) is 0 Å². The summed E-state index contributed by atoms with van der Waals surface area (Å²) in [4.78, 5) is 11.4. The number of anilines is 2. The van der Waals surface area contributed by atoms with E-state index in [-0.39, 0.29) is 17.6 Å². The predicted molar refractivity (Wildman–Crippen MR) is 116 cm³/mol. The van der Waals surface area contributed by atoms with Gasteiger partial charge < -0.3 is 15.4 Å². The summed E-state index contributed by atoms with van der Waals surface area (Å²) < 4.78 is 22.9. The highest BCUT2D eigenvalue weighted by atomic mass is 19.1. The van der Waals surface area contributed by atoms with Crippen LogP contribution in [0.1, 0.15) is 44.5 Å². The number of ether oxygens (including phenoxy) is 1. The van der Waals surface area contributed by atoms with Crippen LogP contribution in [-0.4, -0.2) is 49.6 Å². The fourth-order valence-electron chi connectivity index (χ4n) is 4.17. The van der Waals surface area contributed by atoms with Gasteiger partial charge in [-0.1, -0.05) is 0 Å². The van der Waals surface area contributed by atoms with Crippen LogP contribution < -0.4 is 15.4 Å². The van der Waals surface area contributed by atoms with E-state index in [1.807, 2.05) is 10.9 Å². The third-order valence-electron chi connectivity index (χ3n) is 5.86. The van der Waals surface area contributed by atoms with Crippen LogP contribution in [0.3, 0.4) is 0 Å². The third kappa shape index (κ3) is 3.31. The van der Waals surface area contributed by atoms with Crippen LogP contribution in [0.15, 0.2) is 24.5 Å². The normalized spacial score (nSPS) is 17.2. The van der Waals surface area contributed by atoms with Gasteiger partial charge in [-0.25, -0.2) is 14.4 Å². The number of halogens is 1. The Labute approximate surface area is 178 Å². The molecule has 0 bridgehead atoms. The van der Waals surface area contributed by atoms with Gasteiger partial charge in [-0.3, -0.25) is 4.68 Å². The van der Waals surface area contributed by atoms with Crippen molar-refractivity contribution in [1.82, 2.24) is 29.4 Å². The molecule has 31 heavy (non-hydrogen) atoms. The molecule has 1 aliphatic rings. The van der Waals surface area contributed by atoms with Crippen molar-refractivity contribution in [2.45, 2.75) is 38.6 Å². The number of fused-ring (bicyclic) bond motifs is 3. The number of hydrogen-bond acceptors (Lipinski definition) is 7. The number of nitrogen functional groups attached to an aromatic ring is 1. The Morgan fingerprint density at radius 2 is 2.10 bits per heavy atom. The van der Waals surface area contributed by atoms with Crippen LogP contribution in [0.25, 0.3) is 16.6 Å². The van der Waals surface area contributed by atoms with E-state index < -0.39 is 5.82 Å². The van der Waals surface area contributed by atoms with Crippen molar-refractivity contribution >= 4 is 28.2 Å². The molecule has 5 rings (SSSR count). The lowest BCUT2D eigenvalue weighted by atomic mass is 9.97. The van der Waals surface area contributed by atoms with Gasteiger partial charge >= 0.3 is 0 Å². The fourth-order valence-corrected chi connectivity index (χ4v) is 4.17. The highest BCUT2D eigenvalue weighted by Gasteiger charge is 2.27. The van der Waals surface area contributed by atoms with Gasteiger partial charge in [0.25, 0.3) is 0 Å². The maximum atomic E-state index is 14.4. The highest BCUT2D eigenvalue weighted by molar-refractivity contribution is 5.93. The molecule has 162 valence electrons. The SMILES string of the molecule is COc1cc2nc(N)n3nc(C4CCCN(c5cnn(C(C)C)c5)C4)nc3c2cc1F. The Hall–Kier alpha value is -3.43. The van der Waals surface area contributed by atoms with Crippen molar-refractivity contribution in [2.75, 3.05) is 30.8 Å². The molecule has 4 heterocycles. The number of piperidine rings is 1. The summed E-state index contributed by atoms with van der Waals surface area (Å²) in [5.41, 5.74) is 8.26. The Morgan fingerprint density at radius 1 is 1.26 bits per heavy atom. The summed E-state index contributed by atoms with van der Waals surface area (Å²) in [6.07, 6.45) is 5.98. The number of aromatic nitrogens is 6. The largest absolute Gasteiger partial charge is 0.494 e. The standard InChI is InChI=1S/C21H25FN8O/c1-12(2)29-11-14(9-24-29)28-6-4-5-13(10-28)19-26-20-15-7-16(22)18(31-3)8-17(15)25-21(23)30(20)27-19/h7-9,11-13H,4-6,10H2,1-3H3,(H2,23,25). The number of nitrogens with zero attached hydrogens (tertiary/aromatic N) is 7. The summed E-state index contributed by atoms with van der Waals surface area (Å²) in [5.74, 6) is 0.681. The van der Waals surface area contributed by atoms with Gasteiger partial charge in [0, 0.05) is 42.7 Å². The summed E-state index contributed by atoms with van der Waals surface area (Å²) >= 11 is 0. The van der Waals surface area contributed by atoms with Gasteiger partial charge in [0.15, 0.2) is 23.0 Å². The second kappa shape index (κ2) is 7.36. The smallest absolute Gasteiger partial charge is 0.223 e. The molecule has 1 atom stereocenters.